The van der Waals surface area contributed by atoms with Crippen molar-refractivity contribution in [2.75, 3.05) is 24.3 Å². The third-order valence-corrected chi connectivity index (χ3v) is 4.51. The summed E-state index contributed by atoms with van der Waals surface area (Å²) in [5.74, 6) is 0. The van der Waals surface area contributed by atoms with Crippen LogP contribution in [0.15, 0.2) is 23.1 Å². The second-order valence-corrected chi connectivity index (χ2v) is 5.69. The number of hydrogen-bond donors (Lipinski definition) is 1. The maximum atomic E-state index is 9.61. The van der Waals surface area contributed by atoms with Gasteiger partial charge in [0.1, 0.15) is 6.07 Å². The maximum absolute atomic E-state index is 9.61. The fourth-order valence-electron chi connectivity index (χ4n) is 2.73. The molecule has 2 rings (SSSR count). The molecule has 0 aliphatic carbocycles. The molecule has 1 aromatic rings. The summed E-state index contributed by atoms with van der Waals surface area (Å²) in [6, 6.07) is 8.47. The van der Waals surface area contributed by atoms with Crippen LogP contribution in [0.4, 0.5) is 5.69 Å². The van der Waals surface area contributed by atoms with E-state index in [-0.39, 0.29) is 12.6 Å². The lowest BCUT2D eigenvalue weighted by Gasteiger charge is -2.32. The first kappa shape index (κ1) is 14.2. The lowest BCUT2D eigenvalue weighted by Crippen LogP contribution is -2.38. The van der Waals surface area contributed by atoms with E-state index in [4.69, 9.17) is 0 Å². The van der Waals surface area contributed by atoms with Crippen LogP contribution >= 0.6 is 11.8 Å². The summed E-state index contributed by atoms with van der Waals surface area (Å²) >= 11 is 1.60. The molecule has 4 heteroatoms. The minimum atomic E-state index is 0.145. The lowest BCUT2D eigenvalue weighted by atomic mass is 10.1. The van der Waals surface area contributed by atoms with Crippen molar-refractivity contribution >= 4 is 17.4 Å². The monoisotopic (exact) mass is 276 g/mol. The van der Waals surface area contributed by atoms with Crippen molar-refractivity contribution in [1.29, 1.82) is 5.26 Å². The Labute approximate surface area is 119 Å². The first-order chi connectivity index (χ1) is 9.31. The van der Waals surface area contributed by atoms with Gasteiger partial charge in [0.15, 0.2) is 0 Å². The van der Waals surface area contributed by atoms with Crippen molar-refractivity contribution in [3.05, 3.63) is 23.8 Å². The van der Waals surface area contributed by atoms with Gasteiger partial charge in [-0.15, -0.1) is 11.8 Å². The van der Waals surface area contributed by atoms with Gasteiger partial charge in [-0.2, -0.15) is 5.26 Å². The highest BCUT2D eigenvalue weighted by Gasteiger charge is 2.23. The average molecular weight is 276 g/mol. The summed E-state index contributed by atoms with van der Waals surface area (Å²) in [4.78, 5) is 3.24. The Morgan fingerprint density at radius 3 is 2.95 bits per heavy atom. The molecule has 0 amide bonds. The Kier molecular flexibility index (Phi) is 5.12. The molecular weight excluding hydrogens is 256 g/mol. The summed E-state index contributed by atoms with van der Waals surface area (Å²) in [6.45, 7) is 1.09. The summed E-state index contributed by atoms with van der Waals surface area (Å²) < 4.78 is 0. The van der Waals surface area contributed by atoms with Crippen LogP contribution in [0.5, 0.6) is 0 Å². The molecule has 0 aromatic heterocycles. The van der Waals surface area contributed by atoms with Crippen molar-refractivity contribution < 1.29 is 5.11 Å². The normalized spacial score (nSPS) is 19.8. The molecular formula is C15H20N2OS. The largest absolute Gasteiger partial charge is 0.394 e. The van der Waals surface area contributed by atoms with Crippen molar-refractivity contribution in [3.63, 3.8) is 0 Å². The van der Waals surface area contributed by atoms with Gasteiger partial charge in [-0.05, 0) is 31.2 Å². The van der Waals surface area contributed by atoms with Crippen LogP contribution in [0.2, 0.25) is 0 Å². The number of aliphatic hydroxyl groups excluding tert-OH is 1. The number of hydrogen-bond acceptors (Lipinski definition) is 4. The number of nitrogens with zero attached hydrogens (tertiary/aromatic N) is 2. The minimum Gasteiger partial charge on any atom is -0.394 e. The summed E-state index contributed by atoms with van der Waals surface area (Å²) in [7, 11) is 0. The summed E-state index contributed by atoms with van der Waals surface area (Å²) in [5, 5.41) is 19.0. The van der Waals surface area contributed by atoms with Crippen LogP contribution in [0.1, 0.15) is 31.2 Å². The topological polar surface area (TPSA) is 47.3 Å². The third kappa shape index (κ3) is 3.05. The zero-order valence-corrected chi connectivity index (χ0v) is 12.1. The molecule has 1 aliphatic rings. The SMILES string of the molecule is CSc1cccc(N2CCCCCC2CO)c1C#N. The van der Waals surface area contributed by atoms with Crippen LogP contribution in [-0.4, -0.2) is 30.6 Å². The Balaban J connectivity index is 2.41. The highest BCUT2D eigenvalue weighted by Crippen LogP contribution is 2.32. The maximum Gasteiger partial charge on any atom is 0.103 e. The molecule has 1 fully saturated rings. The molecule has 102 valence electrons. The van der Waals surface area contributed by atoms with Gasteiger partial charge in [0.05, 0.1) is 23.9 Å². The molecule has 0 spiro atoms. The van der Waals surface area contributed by atoms with E-state index in [1.165, 1.54) is 6.42 Å². The summed E-state index contributed by atoms with van der Waals surface area (Å²) in [6.07, 6.45) is 6.49. The number of aliphatic hydroxyl groups is 1. The van der Waals surface area contributed by atoms with Crippen molar-refractivity contribution in [1.82, 2.24) is 0 Å². The van der Waals surface area contributed by atoms with Crippen LogP contribution in [0, 0.1) is 11.3 Å². The molecule has 1 aromatic carbocycles. The smallest absolute Gasteiger partial charge is 0.103 e. The lowest BCUT2D eigenvalue weighted by molar-refractivity contribution is 0.255. The van der Waals surface area contributed by atoms with Crippen LogP contribution in [0.25, 0.3) is 0 Å². The predicted octanol–water partition coefficient (Wildman–Crippen LogP) is 3.02. The molecule has 19 heavy (non-hydrogen) atoms. The van der Waals surface area contributed by atoms with E-state index in [1.807, 2.05) is 24.5 Å². The van der Waals surface area contributed by atoms with E-state index in [9.17, 15) is 10.4 Å². The standard InChI is InChI=1S/C15H20N2OS/c1-19-15-8-5-7-14(13(15)10-16)17-9-4-2-3-6-12(17)11-18/h5,7-8,12,18H,2-4,6,9,11H2,1H3. The van der Waals surface area contributed by atoms with E-state index >= 15 is 0 Å². The van der Waals surface area contributed by atoms with Gasteiger partial charge in [0, 0.05) is 11.4 Å². The molecule has 1 N–H and O–H groups in total. The molecule has 0 radical (unpaired) electrons. The van der Waals surface area contributed by atoms with Gasteiger partial charge in [-0.25, -0.2) is 0 Å². The molecule has 1 atom stereocenters. The van der Waals surface area contributed by atoms with Gasteiger partial charge in [0.2, 0.25) is 0 Å². The van der Waals surface area contributed by atoms with Crippen LogP contribution < -0.4 is 4.90 Å². The van der Waals surface area contributed by atoms with E-state index in [0.717, 1.165) is 42.0 Å². The fourth-order valence-corrected chi connectivity index (χ4v) is 3.29. The highest BCUT2D eigenvalue weighted by atomic mass is 32.2. The van der Waals surface area contributed by atoms with Crippen molar-refractivity contribution in [2.45, 2.75) is 36.6 Å². The molecule has 1 saturated heterocycles. The molecule has 0 bridgehead atoms. The van der Waals surface area contributed by atoms with Gasteiger partial charge >= 0.3 is 0 Å². The Morgan fingerprint density at radius 1 is 1.42 bits per heavy atom. The van der Waals surface area contributed by atoms with Crippen LogP contribution in [0.3, 0.4) is 0 Å². The van der Waals surface area contributed by atoms with Crippen LogP contribution in [-0.2, 0) is 0 Å². The number of thioether (sulfide) groups is 1. The van der Waals surface area contributed by atoms with Gasteiger partial charge in [-0.1, -0.05) is 18.9 Å². The first-order valence-electron chi connectivity index (χ1n) is 6.76. The Bertz CT molecular complexity index is 470. The van der Waals surface area contributed by atoms with E-state index in [0.29, 0.717) is 0 Å². The second-order valence-electron chi connectivity index (χ2n) is 4.85. The van der Waals surface area contributed by atoms with E-state index in [1.54, 1.807) is 11.8 Å². The molecule has 3 nitrogen and oxygen atoms in total. The van der Waals surface area contributed by atoms with Gasteiger partial charge in [-0.3, -0.25) is 0 Å². The number of anilines is 1. The average Bonchev–Trinajstić information content (AvgIpc) is 2.71. The summed E-state index contributed by atoms with van der Waals surface area (Å²) in [5.41, 5.74) is 1.73. The quantitative estimate of drug-likeness (QED) is 0.862. The zero-order chi connectivity index (χ0) is 13.7. The highest BCUT2D eigenvalue weighted by molar-refractivity contribution is 7.98. The Hall–Kier alpha value is -1.18. The number of benzene rings is 1. The van der Waals surface area contributed by atoms with Gasteiger partial charge in [0.25, 0.3) is 0 Å². The van der Waals surface area contributed by atoms with Crippen molar-refractivity contribution in [3.8, 4) is 6.07 Å². The first-order valence-corrected chi connectivity index (χ1v) is 7.99. The third-order valence-electron chi connectivity index (χ3n) is 3.73. The van der Waals surface area contributed by atoms with Crippen molar-refractivity contribution in [2.24, 2.45) is 0 Å². The Morgan fingerprint density at radius 2 is 2.26 bits per heavy atom. The van der Waals surface area contributed by atoms with E-state index in [2.05, 4.69) is 11.0 Å². The minimum absolute atomic E-state index is 0.145. The molecule has 1 heterocycles. The van der Waals surface area contributed by atoms with E-state index < -0.39 is 0 Å². The molecule has 1 aliphatic heterocycles. The predicted molar refractivity (Wildman–Crippen MR) is 79.6 cm³/mol. The number of nitriles is 1. The van der Waals surface area contributed by atoms with Gasteiger partial charge < -0.3 is 10.0 Å². The molecule has 0 saturated carbocycles. The fraction of sp³-hybridized carbons (Fsp3) is 0.533. The number of rotatable bonds is 3. The zero-order valence-electron chi connectivity index (χ0n) is 11.3. The second kappa shape index (κ2) is 6.83. The molecule has 1 unspecified atom stereocenters.